The number of benzene rings is 1. The van der Waals surface area contributed by atoms with Crippen LogP contribution in [-0.2, 0) is 19.6 Å². The third-order valence-electron chi connectivity index (χ3n) is 5.81. The van der Waals surface area contributed by atoms with Gasteiger partial charge in [0.2, 0.25) is 21.8 Å². The third kappa shape index (κ3) is 5.57. The fourth-order valence-corrected chi connectivity index (χ4v) is 5.86. The highest BCUT2D eigenvalue weighted by Crippen LogP contribution is 2.25. The van der Waals surface area contributed by atoms with Gasteiger partial charge in [-0.2, -0.15) is 4.31 Å². The van der Waals surface area contributed by atoms with Crippen LogP contribution >= 0.6 is 0 Å². The van der Waals surface area contributed by atoms with Crippen molar-refractivity contribution in [1.82, 2.24) is 14.9 Å². The summed E-state index contributed by atoms with van der Waals surface area (Å²) >= 11 is 0. The summed E-state index contributed by atoms with van der Waals surface area (Å²) in [6.07, 6.45) is 7.34. The first-order valence-corrected chi connectivity index (χ1v) is 12.1. The number of hydrogen-bond acceptors (Lipinski definition) is 4. The smallest absolute Gasteiger partial charge is 0.243 e. The highest BCUT2D eigenvalue weighted by molar-refractivity contribution is 7.89. The zero-order chi connectivity index (χ0) is 20.7. The third-order valence-corrected chi connectivity index (χ3v) is 7.73. The highest BCUT2D eigenvalue weighted by Gasteiger charge is 2.37. The summed E-state index contributed by atoms with van der Waals surface area (Å²) in [5.41, 5.74) is 0. The fraction of sp³-hybridized carbons (Fsp3) is 0.619. The molecule has 2 amide bonds. The van der Waals surface area contributed by atoms with Crippen molar-refractivity contribution >= 4 is 21.8 Å². The molecule has 7 nitrogen and oxygen atoms in total. The van der Waals surface area contributed by atoms with Gasteiger partial charge >= 0.3 is 0 Å². The number of hydrogen-bond donors (Lipinski definition) is 2. The molecule has 1 aliphatic carbocycles. The van der Waals surface area contributed by atoms with Crippen LogP contribution in [0, 0.1) is 5.92 Å². The van der Waals surface area contributed by atoms with Crippen molar-refractivity contribution < 1.29 is 18.0 Å². The molecule has 1 unspecified atom stereocenters. The Labute approximate surface area is 173 Å². The van der Waals surface area contributed by atoms with E-state index in [0.717, 1.165) is 38.5 Å². The summed E-state index contributed by atoms with van der Waals surface area (Å²) in [5.74, 6) is -0.148. The van der Waals surface area contributed by atoms with Crippen LogP contribution in [-0.4, -0.2) is 50.2 Å². The van der Waals surface area contributed by atoms with Crippen molar-refractivity contribution in [3.63, 3.8) is 0 Å². The van der Waals surface area contributed by atoms with E-state index in [4.69, 9.17) is 0 Å². The minimum Gasteiger partial charge on any atom is -0.354 e. The van der Waals surface area contributed by atoms with E-state index >= 15 is 0 Å². The maximum absolute atomic E-state index is 13.0. The molecule has 1 aromatic rings. The molecular weight excluding hydrogens is 390 g/mol. The van der Waals surface area contributed by atoms with Crippen molar-refractivity contribution in [1.29, 1.82) is 0 Å². The lowest BCUT2D eigenvalue weighted by atomic mass is 9.89. The molecule has 160 valence electrons. The van der Waals surface area contributed by atoms with E-state index in [1.807, 2.05) is 0 Å². The molecule has 29 heavy (non-hydrogen) atoms. The van der Waals surface area contributed by atoms with Crippen molar-refractivity contribution in [2.45, 2.75) is 62.3 Å². The topological polar surface area (TPSA) is 95.6 Å². The van der Waals surface area contributed by atoms with Gasteiger partial charge in [0.25, 0.3) is 0 Å². The van der Waals surface area contributed by atoms with E-state index in [1.165, 1.54) is 10.7 Å². The molecule has 1 aliphatic heterocycles. The van der Waals surface area contributed by atoms with E-state index in [0.29, 0.717) is 26.1 Å². The predicted molar refractivity (Wildman–Crippen MR) is 111 cm³/mol. The second kappa shape index (κ2) is 10.2. The molecule has 1 heterocycles. The van der Waals surface area contributed by atoms with E-state index in [-0.39, 0.29) is 22.6 Å². The van der Waals surface area contributed by atoms with Crippen LogP contribution in [0.1, 0.15) is 51.4 Å². The van der Waals surface area contributed by atoms with E-state index in [2.05, 4.69) is 10.6 Å². The van der Waals surface area contributed by atoms with Crippen molar-refractivity contribution in [3.8, 4) is 0 Å². The first-order valence-electron chi connectivity index (χ1n) is 10.6. The minimum absolute atomic E-state index is 0.0601. The fourth-order valence-electron chi connectivity index (χ4n) is 4.18. The van der Waals surface area contributed by atoms with Crippen LogP contribution in [0.2, 0.25) is 0 Å². The molecule has 2 aliphatic rings. The summed E-state index contributed by atoms with van der Waals surface area (Å²) < 4.78 is 27.3. The predicted octanol–water partition coefficient (Wildman–Crippen LogP) is 2.04. The van der Waals surface area contributed by atoms with E-state index in [1.54, 1.807) is 30.3 Å². The average Bonchev–Trinajstić information content (AvgIpc) is 2.77. The first-order chi connectivity index (χ1) is 14.0. The summed E-state index contributed by atoms with van der Waals surface area (Å²) in [6, 6.07) is 7.53. The van der Waals surface area contributed by atoms with Gasteiger partial charge in [-0.05, 0) is 37.8 Å². The van der Waals surface area contributed by atoms with Gasteiger partial charge in [-0.25, -0.2) is 8.42 Å². The minimum atomic E-state index is -3.71. The maximum Gasteiger partial charge on any atom is 0.243 e. The van der Waals surface area contributed by atoms with Gasteiger partial charge in [-0.15, -0.1) is 0 Å². The van der Waals surface area contributed by atoms with Crippen LogP contribution in [0.4, 0.5) is 0 Å². The molecule has 1 aromatic carbocycles. The zero-order valence-corrected chi connectivity index (χ0v) is 17.6. The second-order valence-electron chi connectivity index (χ2n) is 7.86. The molecule has 0 bridgehead atoms. The summed E-state index contributed by atoms with van der Waals surface area (Å²) in [5, 5.41) is 5.70. The normalized spacial score (nSPS) is 21.4. The number of carbonyl (C=O) groups excluding carboxylic acids is 2. The Bertz CT molecular complexity index is 791. The molecule has 1 atom stereocenters. The molecule has 3 rings (SSSR count). The standard InChI is InChI=1S/C21H31N3O4S/c25-20(17-9-3-1-4-10-17)22-14-15-23-21(26)19-13-7-8-16-24(19)29(27,28)18-11-5-2-6-12-18/h2,5-6,11-12,17,19H,1,3-4,7-10,13-16H2,(H,22,25)(H,23,26). The Morgan fingerprint density at radius 1 is 0.862 bits per heavy atom. The second-order valence-corrected chi connectivity index (χ2v) is 9.75. The number of amides is 2. The van der Waals surface area contributed by atoms with Crippen molar-refractivity contribution in [3.05, 3.63) is 30.3 Å². The Morgan fingerprint density at radius 3 is 2.17 bits per heavy atom. The Kier molecular flexibility index (Phi) is 7.66. The lowest BCUT2D eigenvalue weighted by Crippen LogP contribution is -2.52. The maximum atomic E-state index is 13.0. The monoisotopic (exact) mass is 421 g/mol. The van der Waals surface area contributed by atoms with Crippen LogP contribution < -0.4 is 10.6 Å². The molecule has 2 fully saturated rings. The molecule has 0 radical (unpaired) electrons. The summed E-state index contributed by atoms with van der Waals surface area (Å²) in [7, 11) is -3.71. The average molecular weight is 422 g/mol. The lowest BCUT2D eigenvalue weighted by Gasteiger charge is -2.33. The van der Waals surface area contributed by atoms with Crippen LogP contribution in [0.25, 0.3) is 0 Å². The molecule has 2 N–H and O–H groups in total. The summed E-state index contributed by atoms with van der Waals surface area (Å²) in [6.45, 7) is 1.000. The van der Waals surface area contributed by atoms with Gasteiger partial charge in [0.15, 0.2) is 0 Å². The number of piperidine rings is 1. The first kappa shape index (κ1) is 21.8. The van der Waals surface area contributed by atoms with Gasteiger partial charge in [0, 0.05) is 25.6 Å². The zero-order valence-electron chi connectivity index (χ0n) is 16.8. The molecule has 1 saturated heterocycles. The molecule has 1 saturated carbocycles. The molecule has 8 heteroatoms. The van der Waals surface area contributed by atoms with E-state index in [9.17, 15) is 18.0 Å². The Morgan fingerprint density at radius 2 is 1.48 bits per heavy atom. The quantitative estimate of drug-likeness (QED) is 0.659. The molecule has 0 aromatic heterocycles. The van der Waals surface area contributed by atoms with Crippen LogP contribution in [0.5, 0.6) is 0 Å². The van der Waals surface area contributed by atoms with Gasteiger partial charge in [-0.3, -0.25) is 9.59 Å². The number of carbonyl (C=O) groups is 2. The van der Waals surface area contributed by atoms with Crippen molar-refractivity contribution in [2.75, 3.05) is 19.6 Å². The molecular formula is C21H31N3O4S. The highest BCUT2D eigenvalue weighted by atomic mass is 32.2. The Hall–Kier alpha value is -1.93. The van der Waals surface area contributed by atoms with Crippen LogP contribution in [0.15, 0.2) is 35.2 Å². The molecule has 0 spiro atoms. The van der Waals surface area contributed by atoms with Gasteiger partial charge in [0.05, 0.1) is 4.90 Å². The number of nitrogens with one attached hydrogen (secondary N) is 2. The number of rotatable bonds is 7. The number of nitrogens with zero attached hydrogens (tertiary/aromatic N) is 1. The number of sulfonamides is 1. The van der Waals surface area contributed by atoms with Gasteiger partial charge in [-0.1, -0.05) is 43.9 Å². The largest absolute Gasteiger partial charge is 0.354 e. The SMILES string of the molecule is O=C(NCCNC(=O)C1CCCCN1S(=O)(=O)c1ccccc1)C1CCCCC1. The summed E-state index contributed by atoms with van der Waals surface area (Å²) in [4.78, 5) is 25.1. The van der Waals surface area contributed by atoms with Crippen LogP contribution in [0.3, 0.4) is 0 Å². The lowest BCUT2D eigenvalue weighted by molar-refractivity contribution is -0.127. The van der Waals surface area contributed by atoms with E-state index < -0.39 is 16.1 Å². The van der Waals surface area contributed by atoms with Gasteiger partial charge < -0.3 is 10.6 Å². The van der Waals surface area contributed by atoms with Crippen molar-refractivity contribution in [2.24, 2.45) is 5.92 Å². The Balaban J connectivity index is 1.52. The van der Waals surface area contributed by atoms with Gasteiger partial charge in [0.1, 0.15) is 6.04 Å².